The molecule has 1 aliphatic heterocycles. The zero-order valence-corrected chi connectivity index (χ0v) is 30.8. The molecule has 18 nitrogen and oxygen atoms in total. The second kappa shape index (κ2) is 17.1. The standard InChI is InChI=1S/C36H48N12O6/c1-45-17-21-13-27(45)33(51)41-23-15-29(47(3)19-23)35(53)44-26(10-6-8-12-38)32(50)40-22-14-28(46(2)18-22)34(52)42-24-16-30(48(4)20-24)36(54)43-25(31(49)39-21)9-5-7-11-37/h13-20,25-26H,5-12,37-38H2,1-4H3,(H,39,49)(H,40,50)(H,41,51)(H,42,52)(H,43,54)(H,44,53)/t25-,26-/m0/s1. The number of aryl methyl sites for hydroxylation is 4. The Kier molecular flexibility index (Phi) is 12.4. The number of fused-ring (bicyclic) bond motifs is 8. The van der Waals surface area contributed by atoms with E-state index in [1.807, 2.05) is 0 Å². The largest absolute Gasteiger partial charge is 0.344 e. The summed E-state index contributed by atoms with van der Waals surface area (Å²) in [5.41, 5.74) is 13.5. The van der Waals surface area contributed by atoms with Gasteiger partial charge in [-0.25, -0.2) is 0 Å². The number of carbonyl (C=O) groups is 6. The Morgan fingerprint density at radius 2 is 0.759 bits per heavy atom. The number of unbranched alkanes of at least 4 members (excludes halogenated alkanes) is 2. The molecule has 54 heavy (non-hydrogen) atoms. The monoisotopic (exact) mass is 744 g/mol. The Balaban J connectivity index is 1.49. The van der Waals surface area contributed by atoms with E-state index in [9.17, 15) is 28.8 Å². The molecule has 0 aliphatic carbocycles. The lowest BCUT2D eigenvalue weighted by atomic mass is 10.1. The molecule has 4 aromatic rings. The average molecular weight is 745 g/mol. The summed E-state index contributed by atoms with van der Waals surface area (Å²) in [5, 5.41) is 16.8. The zero-order chi connectivity index (χ0) is 39.1. The predicted molar refractivity (Wildman–Crippen MR) is 203 cm³/mol. The first-order valence-corrected chi connectivity index (χ1v) is 17.7. The van der Waals surface area contributed by atoms with Crippen LogP contribution < -0.4 is 43.4 Å². The van der Waals surface area contributed by atoms with Crippen molar-refractivity contribution in [1.29, 1.82) is 0 Å². The maximum atomic E-state index is 13.6. The molecule has 0 unspecified atom stereocenters. The van der Waals surface area contributed by atoms with Gasteiger partial charge in [-0.15, -0.1) is 0 Å². The van der Waals surface area contributed by atoms with Gasteiger partial charge in [0.1, 0.15) is 34.9 Å². The first-order chi connectivity index (χ1) is 25.8. The van der Waals surface area contributed by atoms with Crippen LogP contribution in [0.2, 0.25) is 0 Å². The van der Waals surface area contributed by atoms with Crippen molar-refractivity contribution in [2.45, 2.75) is 50.6 Å². The minimum Gasteiger partial charge on any atom is -0.344 e. The van der Waals surface area contributed by atoms with Crippen LogP contribution in [0.25, 0.3) is 0 Å². The van der Waals surface area contributed by atoms with Crippen LogP contribution in [-0.2, 0) is 37.8 Å². The van der Waals surface area contributed by atoms with Crippen molar-refractivity contribution in [1.82, 2.24) is 28.9 Å². The van der Waals surface area contributed by atoms with Crippen LogP contribution in [0.15, 0.2) is 49.1 Å². The van der Waals surface area contributed by atoms with E-state index in [0.717, 1.165) is 0 Å². The maximum absolute atomic E-state index is 13.6. The van der Waals surface area contributed by atoms with E-state index >= 15 is 0 Å². The van der Waals surface area contributed by atoms with E-state index in [4.69, 9.17) is 11.5 Å². The van der Waals surface area contributed by atoms with Gasteiger partial charge in [0.25, 0.3) is 23.6 Å². The lowest BCUT2D eigenvalue weighted by Crippen LogP contribution is -2.44. The highest BCUT2D eigenvalue weighted by Gasteiger charge is 2.27. The van der Waals surface area contributed by atoms with Gasteiger partial charge < -0.3 is 61.6 Å². The van der Waals surface area contributed by atoms with Gasteiger partial charge in [0, 0.05) is 53.0 Å². The number of carbonyl (C=O) groups excluding carboxylic acids is 6. The maximum Gasteiger partial charge on any atom is 0.272 e. The highest BCUT2D eigenvalue weighted by molar-refractivity contribution is 6.08. The van der Waals surface area contributed by atoms with Gasteiger partial charge in [-0.3, -0.25) is 28.8 Å². The van der Waals surface area contributed by atoms with Gasteiger partial charge in [0.2, 0.25) is 11.8 Å². The summed E-state index contributed by atoms with van der Waals surface area (Å²) in [6.45, 7) is 0.831. The SMILES string of the molecule is Cn1cc2cc1C(=O)Nc1cc(n(C)c1)C(=O)N[C@@H](CCCCN)C(=O)Nc1cc(n(C)c1)C(=O)Nc1cc(n(C)c1)C(=O)N[C@@H](CCCCN)C(=O)N2. The first-order valence-electron chi connectivity index (χ1n) is 17.7. The molecule has 0 aromatic carbocycles. The number of hydrogen-bond donors (Lipinski definition) is 8. The lowest BCUT2D eigenvalue weighted by molar-refractivity contribution is -0.118. The fraction of sp³-hybridized carbons (Fsp3) is 0.389. The molecule has 18 heteroatoms. The molecule has 6 amide bonds. The smallest absolute Gasteiger partial charge is 0.272 e. The number of nitrogens with two attached hydrogens (primary N) is 2. The van der Waals surface area contributed by atoms with Crippen LogP contribution in [0.4, 0.5) is 22.7 Å². The van der Waals surface area contributed by atoms with E-state index in [2.05, 4.69) is 31.9 Å². The number of rotatable bonds is 8. The number of hydrogen-bond acceptors (Lipinski definition) is 8. The van der Waals surface area contributed by atoms with Crippen LogP contribution >= 0.6 is 0 Å². The van der Waals surface area contributed by atoms with Crippen molar-refractivity contribution >= 4 is 58.2 Å². The first kappa shape index (κ1) is 39.1. The second-order valence-corrected chi connectivity index (χ2v) is 13.4. The second-order valence-electron chi connectivity index (χ2n) is 13.4. The lowest BCUT2D eigenvalue weighted by Gasteiger charge is -2.18. The van der Waals surface area contributed by atoms with Crippen LogP contribution in [0, 0.1) is 0 Å². The molecule has 1 aliphatic rings. The zero-order valence-electron chi connectivity index (χ0n) is 30.8. The van der Waals surface area contributed by atoms with Crippen LogP contribution in [0.3, 0.4) is 0 Å². The molecule has 4 aromatic heterocycles. The van der Waals surface area contributed by atoms with E-state index in [-0.39, 0.29) is 22.8 Å². The summed E-state index contributed by atoms with van der Waals surface area (Å²) in [6.07, 6.45) is 9.27. The Morgan fingerprint density at radius 3 is 1.07 bits per heavy atom. The number of nitrogens with one attached hydrogen (secondary N) is 6. The van der Waals surface area contributed by atoms with E-state index in [1.165, 1.54) is 42.5 Å². The topological polar surface area (TPSA) is 246 Å². The molecule has 0 fully saturated rings. The van der Waals surface area contributed by atoms with E-state index in [0.29, 0.717) is 74.4 Å². The molecule has 0 saturated heterocycles. The van der Waals surface area contributed by atoms with Gasteiger partial charge in [-0.05, 0) is 75.9 Å². The third-order valence-corrected chi connectivity index (χ3v) is 9.14. The fourth-order valence-electron chi connectivity index (χ4n) is 6.27. The Labute approximate surface area is 312 Å². The van der Waals surface area contributed by atoms with Gasteiger partial charge >= 0.3 is 0 Å². The Morgan fingerprint density at radius 1 is 0.463 bits per heavy atom. The summed E-state index contributed by atoms with van der Waals surface area (Å²) in [4.78, 5) is 80.9. The molecule has 0 spiro atoms. The van der Waals surface area contributed by atoms with Crippen LogP contribution in [0.1, 0.15) is 80.5 Å². The number of aromatic nitrogens is 4. The van der Waals surface area contributed by atoms with Crippen LogP contribution in [-0.4, -0.2) is 78.9 Å². The van der Waals surface area contributed by atoms with Crippen molar-refractivity contribution in [2.75, 3.05) is 34.4 Å². The molecule has 2 atom stereocenters. The van der Waals surface area contributed by atoms with Gasteiger partial charge in [0.05, 0.1) is 22.7 Å². The van der Waals surface area contributed by atoms with Gasteiger partial charge in [0.15, 0.2) is 0 Å². The van der Waals surface area contributed by atoms with Crippen molar-refractivity contribution < 1.29 is 28.8 Å². The van der Waals surface area contributed by atoms with E-state index < -0.39 is 47.5 Å². The molecule has 288 valence electrons. The minimum atomic E-state index is -0.945. The third-order valence-electron chi connectivity index (χ3n) is 9.14. The molecular formula is C36H48N12O6. The number of nitrogens with zero attached hydrogens (tertiary/aromatic N) is 4. The average Bonchev–Trinajstić information content (AvgIpc) is 3.88. The van der Waals surface area contributed by atoms with Crippen molar-refractivity contribution in [3.8, 4) is 0 Å². The third kappa shape index (κ3) is 9.25. The van der Waals surface area contributed by atoms with Crippen molar-refractivity contribution in [3.63, 3.8) is 0 Å². The summed E-state index contributed by atoms with van der Waals surface area (Å²) in [6, 6.07) is 4.09. The normalized spacial score (nSPS) is 17.3. The molecule has 8 bridgehead atoms. The predicted octanol–water partition coefficient (Wildman–Crippen LogP) is 1.59. The molecule has 5 rings (SSSR count). The van der Waals surface area contributed by atoms with E-state index in [1.54, 1.807) is 53.0 Å². The Hall–Kier alpha value is -6.14. The minimum absolute atomic E-state index is 0.189. The summed E-state index contributed by atoms with van der Waals surface area (Å²) < 4.78 is 6.13. The van der Waals surface area contributed by atoms with Crippen LogP contribution in [0.5, 0.6) is 0 Å². The Bertz CT molecular complexity index is 1910. The number of amides is 6. The molecule has 5 heterocycles. The highest BCUT2D eigenvalue weighted by atomic mass is 16.2. The quantitative estimate of drug-likeness (QED) is 0.123. The fourth-order valence-corrected chi connectivity index (χ4v) is 6.27. The highest BCUT2D eigenvalue weighted by Crippen LogP contribution is 2.21. The molecular weight excluding hydrogens is 696 g/mol. The van der Waals surface area contributed by atoms with Gasteiger partial charge in [-0.1, -0.05) is 0 Å². The van der Waals surface area contributed by atoms with Gasteiger partial charge in [-0.2, -0.15) is 0 Å². The molecule has 10 N–H and O–H groups in total. The van der Waals surface area contributed by atoms with Crippen molar-refractivity contribution in [2.24, 2.45) is 39.7 Å². The molecule has 0 saturated carbocycles. The number of anilines is 4. The van der Waals surface area contributed by atoms with Crippen molar-refractivity contribution in [3.05, 3.63) is 71.8 Å². The summed E-state index contributed by atoms with van der Waals surface area (Å²) in [7, 11) is 6.56. The molecule has 0 radical (unpaired) electrons. The summed E-state index contributed by atoms with van der Waals surface area (Å²) in [5.74, 6) is -3.07. The summed E-state index contributed by atoms with van der Waals surface area (Å²) >= 11 is 0.